The van der Waals surface area contributed by atoms with Gasteiger partial charge < -0.3 is 14.3 Å². The number of halogens is 1. The Kier molecular flexibility index (Phi) is 4.40. The van der Waals surface area contributed by atoms with Crippen molar-refractivity contribution in [1.29, 1.82) is 5.26 Å². The maximum atomic E-state index is 8.58. The fraction of sp³-hybridized carbons (Fsp3) is 0.583. The number of nitriles is 1. The van der Waals surface area contributed by atoms with E-state index in [-0.39, 0.29) is 24.7 Å². The van der Waals surface area contributed by atoms with Gasteiger partial charge in [-0.05, 0) is 18.9 Å². The van der Waals surface area contributed by atoms with Crippen LogP contribution in [-0.4, -0.2) is 35.9 Å². The Hall–Kier alpha value is -1.58. The summed E-state index contributed by atoms with van der Waals surface area (Å²) in [7, 11) is 0. The Balaban J connectivity index is 0.00000133. The molecule has 1 aromatic heterocycles. The van der Waals surface area contributed by atoms with E-state index >= 15 is 0 Å². The fourth-order valence-corrected chi connectivity index (χ4v) is 2.65. The molecule has 3 heterocycles. The van der Waals surface area contributed by atoms with Crippen LogP contribution in [0.3, 0.4) is 0 Å². The summed E-state index contributed by atoms with van der Waals surface area (Å²) in [5.41, 5.74) is 0.262. The summed E-state index contributed by atoms with van der Waals surface area (Å²) in [5, 5.41) is 16.1. The number of oxime groups is 1. The molecular formula is C12H15ClN4O2. The summed E-state index contributed by atoms with van der Waals surface area (Å²) >= 11 is 0. The molecule has 2 fully saturated rings. The topological polar surface area (TPSA) is 74.7 Å². The summed E-state index contributed by atoms with van der Waals surface area (Å²) in [6.07, 6.45) is 3.16. The highest BCUT2D eigenvalue weighted by molar-refractivity contribution is 5.85. The molecule has 2 aliphatic heterocycles. The van der Waals surface area contributed by atoms with Crippen molar-refractivity contribution in [2.75, 3.05) is 19.6 Å². The zero-order valence-electron chi connectivity index (χ0n) is 10.4. The van der Waals surface area contributed by atoms with Crippen molar-refractivity contribution >= 4 is 18.6 Å². The molecule has 2 saturated heterocycles. The van der Waals surface area contributed by atoms with Gasteiger partial charge in [-0.25, -0.2) is 0 Å². The number of fused-ring (bicyclic) bond motifs is 2. The molecule has 0 radical (unpaired) electrons. The van der Waals surface area contributed by atoms with E-state index < -0.39 is 0 Å². The molecule has 0 N–H and O–H groups in total. The highest BCUT2D eigenvalue weighted by atomic mass is 35.5. The average molecular weight is 283 g/mol. The summed E-state index contributed by atoms with van der Waals surface area (Å²) in [4.78, 5) is 7.61. The van der Waals surface area contributed by atoms with Crippen LogP contribution in [0.1, 0.15) is 17.9 Å². The molecule has 1 aromatic rings. The van der Waals surface area contributed by atoms with Crippen molar-refractivity contribution in [2.45, 2.75) is 13.0 Å². The molecular weight excluding hydrogens is 268 g/mol. The van der Waals surface area contributed by atoms with Crippen molar-refractivity contribution < 1.29 is 9.36 Å². The van der Waals surface area contributed by atoms with Crippen LogP contribution in [-0.2, 0) is 11.4 Å². The van der Waals surface area contributed by atoms with Crippen LogP contribution in [0, 0.1) is 23.2 Å². The maximum Gasteiger partial charge on any atom is 0.183 e. The van der Waals surface area contributed by atoms with Gasteiger partial charge in [-0.2, -0.15) is 5.26 Å². The molecule has 3 unspecified atom stereocenters. The van der Waals surface area contributed by atoms with E-state index in [0.717, 1.165) is 12.5 Å². The van der Waals surface area contributed by atoms with Crippen molar-refractivity contribution in [3.8, 4) is 6.07 Å². The maximum absolute atomic E-state index is 8.58. The normalized spacial score (nSPS) is 28.3. The van der Waals surface area contributed by atoms with Crippen molar-refractivity contribution in [1.82, 2.24) is 10.1 Å². The third-order valence-electron chi connectivity index (χ3n) is 3.59. The lowest BCUT2D eigenvalue weighted by Crippen LogP contribution is -2.24. The van der Waals surface area contributed by atoms with Crippen LogP contribution >= 0.6 is 12.4 Å². The quantitative estimate of drug-likeness (QED) is 0.617. The number of hydrogen-bond acceptors (Lipinski definition) is 6. The Morgan fingerprint density at radius 2 is 2.53 bits per heavy atom. The SMILES string of the molecule is Cl.N#Cc1cc(CON=CC2CN3CCC2C3)on1. The molecule has 3 rings (SSSR count). The van der Waals surface area contributed by atoms with E-state index in [1.807, 2.05) is 12.3 Å². The average Bonchev–Trinajstić information content (AvgIpc) is 3.10. The Morgan fingerprint density at radius 3 is 3.16 bits per heavy atom. The molecule has 6 nitrogen and oxygen atoms in total. The molecule has 2 aliphatic rings. The highest BCUT2D eigenvalue weighted by Crippen LogP contribution is 2.31. The first-order valence-electron chi connectivity index (χ1n) is 6.08. The largest absolute Gasteiger partial charge is 0.388 e. The summed E-state index contributed by atoms with van der Waals surface area (Å²) in [6.45, 7) is 3.74. The van der Waals surface area contributed by atoms with Gasteiger partial charge in [0.1, 0.15) is 6.07 Å². The van der Waals surface area contributed by atoms with E-state index in [9.17, 15) is 0 Å². The van der Waals surface area contributed by atoms with Gasteiger partial charge in [0.2, 0.25) is 0 Å². The molecule has 7 heteroatoms. The van der Waals surface area contributed by atoms with Crippen molar-refractivity contribution in [2.24, 2.45) is 17.0 Å². The van der Waals surface area contributed by atoms with Gasteiger partial charge in [0.25, 0.3) is 0 Å². The smallest absolute Gasteiger partial charge is 0.183 e. The molecule has 0 aliphatic carbocycles. The van der Waals surface area contributed by atoms with Crippen molar-refractivity contribution in [3.63, 3.8) is 0 Å². The second-order valence-electron chi connectivity index (χ2n) is 4.79. The summed E-state index contributed by atoms with van der Waals surface area (Å²) < 4.78 is 4.90. The van der Waals surface area contributed by atoms with E-state index in [1.54, 1.807) is 6.07 Å². The number of nitrogens with zero attached hydrogens (tertiary/aromatic N) is 4. The third kappa shape index (κ3) is 3.06. The zero-order chi connectivity index (χ0) is 12.4. The third-order valence-corrected chi connectivity index (χ3v) is 3.59. The number of hydrogen-bond donors (Lipinski definition) is 0. The number of piperidine rings is 1. The molecule has 0 aromatic carbocycles. The van der Waals surface area contributed by atoms with E-state index in [2.05, 4.69) is 15.2 Å². The summed E-state index contributed by atoms with van der Waals surface area (Å²) in [6, 6.07) is 3.45. The Labute approximate surface area is 117 Å². The van der Waals surface area contributed by atoms with Crippen LogP contribution in [0.15, 0.2) is 15.7 Å². The molecule has 3 atom stereocenters. The predicted octanol–water partition coefficient (Wildman–Crippen LogP) is 1.42. The molecule has 0 saturated carbocycles. The van der Waals surface area contributed by atoms with E-state index in [1.165, 1.54) is 19.5 Å². The number of aromatic nitrogens is 1. The lowest BCUT2D eigenvalue weighted by Gasteiger charge is -2.17. The predicted molar refractivity (Wildman–Crippen MR) is 69.8 cm³/mol. The molecule has 102 valence electrons. The fourth-order valence-electron chi connectivity index (χ4n) is 2.65. The second-order valence-corrected chi connectivity index (χ2v) is 4.79. The van der Waals surface area contributed by atoms with Crippen LogP contribution in [0.4, 0.5) is 0 Å². The Morgan fingerprint density at radius 1 is 1.63 bits per heavy atom. The standard InChI is InChI=1S/C12H14N4O2.ClH/c13-4-11-3-12(18-15-11)8-17-14-5-10-7-16-2-1-9(10)6-16;/h3,5,9-10H,1-2,6-8H2;1H. The van der Waals surface area contributed by atoms with Gasteiger partial charge in [0.05, 0.1) is 0 Å². The van der Waals surface area contributed by atoms with Crippen LogP contribution in [0.25, 0.3) is 0 Å². The van der Waals surface area contributed by atoms with Gasteiger partial charge in [0, 0.05) is 31.3 Å². The minimum atomic E-state index is 0. The Bertz CT molecular complexity index is 496. The first kappa shape index (κ1) is 13.8. The second kappa shape index (κ2) is 6.04. The van der Waals surface area contributed by atoms with Gasteiger partial charge in [-0.15, -0.1) is 12.4 Å². The first-order chi connectivity index (χ1) is 8.85. The first-order valence-corrected chi connectivity index (χ1v) is 6.08. The van der Waals surface area contributed by atoms with Gasteiger partial charge in [-0.3, -0.25) is 0 Å². The van der Waals surface area contributed by atoms with Gasteiger partial charge in [0.15, 0.2) is 18.1 Å². The highest BCUT2D eigenvalue weighted by Gasteiger charge is 2.36. The minimum absolute atomic E-state index is 0. The molecule has 0 amide bonds. The lowest BCUT2D eigenvalue weighted by molar-refractivity contribution is 0.108. The zero-order valence-corrected chi connectivity index (χ0v) is 11.2. The van der Waals surface area contributed by atoms with E-state index in [4.69, 9.17) is 14.6 Å². The van der Waals surface area contributed by atoms with Crippen LogP contribution in [0.5, 0.6) is 0 Å². The minimum Gasteiger partial charge on any atom is -0.388 e. The van der Waals surface area contributed by atoms with Crippen LogP contribution < -0.4 is 0 Å². The van der Waals surface area contributed by atoms with Crippen LogP contribution in [0.2, 0.25) is 0 Å². The number of rotatable bonds is 4. The molecule has 2 bridgehead atoms. The molecule has 0 spiro atoms. The summed E-state index contributed by atoms with van der Waals surface area (Å²) in [5.74, 6) is 1.77. The lowest BCUT2D eigenvalue weighted by atomic mass is 9.94. The monoisotopic (exact) mass is 282 g/mol. The van der Waals surface area contributed by atoms with Crippen molar-refractivity contribution in [3.05, 3.63) is 17.5 Å². The van der Waals surface area contributed by atoms with Gasteiger partial charge in [-0.1, -0.05) is 10.3 Å². The molecule has 19 heavy (non-hydrogen) atoms. The van der Waals surface area contributed by atoms with Gasteiger partial charge >= 0.3 is 0 Å². The van der Waals surface area contributed by atoms with E-state index in [0.29, 0.717) is 11.7 Å².